The topological polar surface area (TPSA) is 105 Å². The second-order valence-electron chi connectivity index (χ2n) is 5.09. The fraction of sp³-hybridized carbons (Fsp3) is 0.667. The van der Waals surface area contributed by atoms with E-state index in [1.54, 1.807) is 0 Å². The first-order valence-corrected chi connectivity index (χ1v) is 8.15. The van der Waals surface area contributed by atoms with Crippen molar-refractivity contribution in [3.05, 3.63) is 12.4 Å². The summed E-state index contributed by atoms with van der Waals surface area (Å²) in [7, 11) is -1.66. The van der Waals surface area contributed by atoms with Gasteiger partial charge in [-0.15, -0.1) is 0 Å². The lowest BCUT2D eigenvalue weighted by atomic mass is 10.3. The summed E-state index contributed by atoms with van der Waals surface area (Å²) < 4.78 is 27.5. The quantitative estimate of drug-likeness (QED) is 0.620. The van der Waals surface area contributed by atoms with E-state index in [1.165, 1.54) is 6.20 Å². The number of sulfonamides is 1. The average Bonchev–Trinajstić information content (AvgIpc) is 2.82. The Labute approximate surface area is 124 Å². The molecule has 120 valence electrons. The molecule has 0 unspecified atom stereocenters. The third-order valence-corrected chi connectivity index (χ3v) is 4.49. The van der Waals surface area contributed by atoms with Crippen molar-refractivity contribution >= 4 is 16.0 Å². The molecule has 0 aliphatic carbocycles. The second-order valence-corrected chi connectivity index (χ2v) is 6.86. The van der Waals surface area contributed by atoms with E-state index in [9.17, 15) is 13.2 Å². The number of carboxylic acid groups (broad SMARTS) is 1. The molecule has 0 aromatic carbocycles. The van der Waals surface area contributed by atoms with Crippen molar-refractivity contribution in [2.24, 2.45) is 0 Å². The van der Waals surface area contributed by atoms with Crippen molar-refractivity contribution in [1.29, 1.82) is 0 Å². The molecule has 0 saturated heterocycles. The molecule has 0 bridgehead atoms. The first kappa shape index (κ1) is 17.6. The molecule has 0 saturated carbocycles. The van der Waals surface area contributed by atoms with E-state index >= 15 is 0 Å². The van der Waals surface area contributed by atoms with E-state index in [0.717, 1.165) is 17.4 Å². The summed E-state index contributed by atoms with van der Waals surface area (Å²) in [6.45, 7) is 4.89. The molecule has 8 nitrogen and oxygen atoms in total. The largest absolute Gasteiger partial charge is 0.480 e. The number of aromatic nitrogens is 2. The van der Waals surface area contributed by atoms with E-state index in [-0.39, 0.29) is 11.4 Å². The van der Waals surface area contributed by atoms with Gasteiger partial charge < -0.3 is 10.0 Å². The standard InChI is InChI=1S/C12H22N4O4S/c1-10(2)15(3)6-4-5-14-21(19,20)11-7-13-16(8-11)9-12(17)18/h7-8,10,14H,4-6,9H2,1-3H3,(H,17,18). The molecule has 0 atom stereocenters. The summed E-state index contributed by atoms with van der Waals surface area (Å²) in [5.41, 5.74) is 0. The maximum Gasteiger partial charge on any atom is 0.325 e. The van der Waals surface area contributed by atoms with Gasteiger partial charge in [0.15, 0.2) is 0 Å². The van der Waals surface area contributed by atoms with Gasteiger partial charge in [-0.2, -0.15) is 5.10 Å². The van der Waals surface area contributed by atoms with Crippen LogP contribution in [-0.2, 0) is 21.4 Å². The van der Waals surface area contributed by atoms with Gasteiger partial charge in [0, 0.05) is 18.8 Å². The number of aliphatic carboxylic acids is 1. The number of nitrogens with one attached hydrogen (secondary N) is 1. The predicted molar refractivity (Wildman–Crippen MR) is 77.4 cm³/mol. The minimum Gasteiger partial charge on any atom is -0.480 e. The number of carbonyl (C=O) groups is 1. The van der Waals surface area contributed by atoms with Crippen LogP contribution in [0.25, 0.3) is 0 Å². The molecule has 0 radical (unpaired) electrons. The second kappa shape index (κ2) is 7.53. The number of hydrogen-bond acceptors (Lipinski definition) is 5. The van der Waals surface area contributed by atoms with Crippen LogP contribution in [-0.4, -0.2) is 60.4 Å². The lowest BCUT2D eigenvalue weighted by Gasteiger charge is -2.20. The zero-order valence-electron chi connectivity index (χ0n) is 12.5. The molecule has 0 amide bonds. The number of carboxylic acids is 1. The number of hydrogen-bond donors (Lipinski definition) is 2. The van der Waals surface area contributed by atoms with Gasteiger partial charge in [0.05, 0.1) is 6.20 Å². The first-order chi connectivity index (χ1) is 9.72. The predicted octanol–water partition coefficient (Wildman–Crippen LogP) is -0.0237. The van der Waals surface area contributed by atoms with Crippen molar-refractivity contribution < 1.29 is 18.3 Å². The monoisotopic (exact) mass is 318 g/mol. The molecule has 1 heterocycles. The van der Waals surface area contributed by atoms with E-state index in [2.05, 4.69) is 28.6 Å². The van der Waals surface area contributed by atoms with Crippen LogP contribution in [0.1, 0.15) is 20.3 Å². The van der Waals surface area contributed by atoms with Crippen LogP contribution < -0.4 is 4.72 Å². The van der Waals surface area contributed by atoms with Crippen LogP contribution in [0, 0.1) is 0 Å². The first-order valence-electron chi connectivity index (χ1n) is 6.66. The minimum absolute atomic E-state index is 0.0269. The zero-order valence-corrected chi connectivity index (χ0v) is 13.3. The lowest BCUT2D eigenvalue weighted by Crippen LogP contribution is -2.31. The summed E-state index contributed by atoms with van der Waals surface area (Å²) in [6, 6.07) is 0.413. The highest BCUT2D eigenvalue weighted by atomic mass is 32.2. The van der Waals surface area contributed by atoms with Crippen LogP contribution in [0.5, 0.6) is 0 Å². The van der Waals surface area contributed by atoms with Gasteiger partial charge in [-0.3, -0.25) is 9.48 Å². The molecular weight excluding hydrogens is 296 g/mol. The molecule has 21 heavy (non-hydrogen) atoms. The smallest absolute Gasteiger partial charge is 0.325 e. The van der Waals surface area contributed by atoms with Crippen molar-refractivity contribution in [1.82, 2.24) is 19.4 Å². The molecule has 1 aromatic rings. The van der Waals surface area contributed by atoms with Crippen LogP contribution in [0.4, 0.5) is 0 Å². The SMILES string of the molecule is CC(C)N(C)CCCNS(=O)(=O)c1cnn(CC(=O)O)c1. The molecule has 1 rings (SSSR count). The minimum atomic E-state index is -3.64. The van der Waals surface area contributed by atoms with Crippen LogP contribution in [0.15, 0.2) is 17.3 Å². The molecule has 0 fully saturated rings. The van der Waals surface area contributed by atoms with Crippen molar-refractivity contribution in [2.45, 2.75) is 37.8 Å². The maximum absolute atomic E-state index is 12.0. The van der Waals surface area contributed by atoms with Crippen LogP contribution in [0.2, 0.25) is 0 Å². The summed E-state index contributed by atoms with van der Waals surface area (Å²) in [5, 5.41) is 12.3. The number of rotatable bonds is 9. The van der Waals surface area contributed by atoms with Gasteiger partial charge in [-0.1, -0.05) is 0 Å². The van der Waals surface area contributed by atoms with E-state index in [1.807, 2.05) is 7.05 Å². The summed E-state index contributed by atoms with van der Waals surface area (Å²) in [6.07, 6.45) is 3.04. The molecule has 0 spiro atoms. The van der Waals surface area contributed by atoms with Crippen molar-refractivity contribution in [2.75, 3.05) is 20.1 Å². The molecular formula is C12H22N4O4S. The Morgan fingerprint density at radius 1 is 1.52 bits per heavy atom. The van der Waals surface area contributed by atoms with E-state index < -0.39 is 16.0 Å². The number of nitrogens with zero attached hydrogens (tertiary/aromatic N) is 3. The third-order valence-electron chi connectivity index (χ3n) is 3.08. The summed E-state index contributed by atoms with van der Waals surface area (Å²) in [5.74, 6) is -1.08. The maximum atomic E-state index is 12.0. The van der Waals surface area contributed by atoms with Gasteiger partial charge in [0.2, 0.25) is 10.0 Å². The molecule has 1 aromatic heterocycles. The van der Waals surface area contributed by atoms with Crippen LogP contribution in [0.3, 0.4) is 0 Å². The van der Waals surface area contributed by atoms with E-state index in [4.69, 9.17) is 5.11 Å². The van der Waals surface area contributed by atoms with Gasteiger partial charge in [-0.05, 0) is 33.9 Å². The molecule has 2 N–H and O–H groups in total. The lowest BCUT2D eigenvalue weighted by molar-refractivity contribution is -0.137. The third kappa shape index (κ3) is 5.82. The zero-order chi connectivity index (χ0) is 16.0. The Balaban J connectivity index is 2.50. The van der Waals surface area contributed by atoms with Gasteiger partial charge in [-0.25, -0.2) is 13.1 Å². The molecule has 9 heteroatoms. The molecule has 0 aliphatic rings. The molecule has 0 aliphatic heterocycles. The van der Waals surface area contributed by atoms with Gasteiger partial charge >= 0.3 is 5.97 Å². The normalized spacial score (nSPS) is 12.2. The fourth-order valence-corrected chi connectivity index (χ4v) is 2.61. The Kier molecular flexibility index (Phi) is 6.31. The van der Waals surface area contributed by atoms with Crippen LogP contribution >= 0.6 is 0 Å². The fourth-order valence-electron chi connectivity index (χ4n) is 1.58. The van der Waals surface area contributed by atoms with Crippen molar-refractivity contribution in [3.8, 4) is 0 Å². The van der Waals surface area contributed by atoms with E-state index in [0.29, 0.717) is 19.0 Å². The van der Waals surface area contributed by atoms with Crippen molar-refractivity contribution in [3.63, 3.8) is 0 Å². The highest BCUT2D eigenvalue weighted by molar-refractivity contribution is 7.89. The highest BCUT2D eigenvalue weighted by Gasteiger charge is 2.16. The Bertz CT molecular complexity index is 568. The Hall–Kier alpha value is -1.45. The summed E-state index contributed by atoms with van der Waals surface area (Å²) in [4.78, 5) is 12.6. The summed E-state index contributed by atoms with van der Waals surface area (Å²) >= 11 is 0. The average molecular weight is 318 g/mol. The Morgan fingerprint density at radius 2 is 2.19 bits per heavy atom. The Morgan fingerprint density at radius 3 is 2.76 bits per heavy atom. The highest BCUT2D eigenvalue weighted by Crippen LogP contribution is 2.07. The van der Waals surface area contributed by atoms with Gasteiger partial charge in [0.25, 0.3) is 0 Å². The van der Waals surface area contributed by atoms with Gasteiger partial charge in [0.1, 0.15) is 11.4 Å².